The Bertz CT molecular complexity index is 1240. The highest BCUT2D eigenvalue weighted by atomic mass is 19.4. The van der Waals surface area contributed by atoms with E-state index in [0.717, 1.165) is 72.3 Å². The van der Waals surface area contributed by atoms with Crippen LogP contribution in [-0.2, 0) is 6.18 Å². The van der Waals surface area contributed by atoms with Crippen LogP contribution in [0.1, 0.15) is 83.6 Å². The van der Waals surface area contributed by atoms with Crippen LogP contribution in [0.25, 0.3) is 5.70 Å². The topological polar surface area (TPSA) is 27.6 Å². The van der Waals surface area contributed by atoms with E-state index in [1.807, 2.05) is 59.8 Å². The second-order valence-electron chi connectivity index (χ2n) is 9.95. The number of hydrogen-bond acceptors (Lipinski definition) is 3. The molecular formula is C36H50F3N3. The Balaban J connectivity index is 0.00000211. The third kappa shape index (κ3) is 11.0. The maximum Gasteiger partial charge on any atom is 0.416 e. The molecule has 0 aliphatic carbocycles. The first-order valence-corrected chi connectivity index (χ1v) is 15.0. The van der Waals surface area contributed by atoms with E-state index in [1.54, 1.807) is 6.07 Å². The van der Waals surface area contributed by atoms with Crippen molar-refractivity contribution in [2.75, 3.05) is 19.6 Å². The molecule has 1 saturated heterocycles. The minimum absolute atomic E-state index is 0.465. The van der Waals surface area contributed by atoms with E-state index in [4.69, 9.17) is 4.99 Å². The summed E-state index contributed by atoms with van der Waals surface area (Å²) in [6, 6.07) is 13.6. The number of hydrogen-bond donors (Lipinski definition) is 1. The summed E-state index contributed by atoms with van der Waals surface area (Å²) in [5.74, 6) is 0.465. The molecule has 0 bridgehead atoms. The van der Waals surface area contributed by atoms with Crippen molar-refractivity contribution in [3.8, 4) is 0 Å². The van der Waals surface area contributed by atoms with Gasteiger partial charge in [0.1, 0.15) is 0 Å². The van der Waals surface area contributed by atoms with Gasteiger partial charge in [-0.15, -0.1) is 0 Å². The van der Waals surface area contributed by atoms with Crippen molar-refractivity contribution in [1.29, 1.82) is 0 Å². The van der Waals surface area contributed by atoms with Crippen LogP contribution in [0, 0.1) is 12.8 Å². The molecule has 0 spiro atoms. The fraction of sp³-hybridized carbons (Fsp3) is 0.417. The van der Waals surface area contributed by atoms with Gasteiger partial charge in [0.2, 0.25) is 0 Å². The molecule has 1 fully saturated rings. The van der Waals surface area contributed by atoms with Gasteiger partial charge >= 0.3 is 6.18 Å². The van der Waals surface area contributed by atoms with Gasteiger partial charge in [0.15, 0.2) is 0 Å². The molecule has 0 amide bonds. The number of piperidine rings is 1. The van der Waals surface area contributed by atoms with E-state index in [2.05, 4.69) is 55.4 Å². The van der Waals surface area contributed by atoms with Gasteiger partial charge < -0.3 is 10.2 Å². The molecule has 2 aromatic carbocycles. The number of nitrogens with one attached hydrogen (secondary N) is 1. The lowest BCUT2D eigenvalue weighted by atomic mass is 9.95. The normalized spacial score (nSPS) is 15.0. The highest BCUT2D eigenvalue weighted by Gasteiger charge is 2.31. The fourth-order valence-corrected chi connectivity index (χ4v) is 4.47. The van der Waals surface area contributed by atoms with Crippen molar-refractivity contribution >= 4 is 11.4 Å². The van der Waals surface area contributed by atoms with Gasteiger partial charge in [-0.2, -0.15) is 13.2 Å². The summed E-state index contributed by atoms with van der Waals surface area (Å²) in [5, 5.41) is 3.57. The summed E-state index contributed by atoms with van der Waals surface area (Å²) >= 11 is 0. The van der Waals surface area contributed by atoms with Crippen LogP contribution in [0.4, 0.5) is 13.2 Å². The number of aryl methyl sites for hydroxylation is 1. The maximum absolute atomic E-state index is 13.1. The number of benzene rings is 2. The number of alkyl halides is 3. The first kappa shape index (κ1) is 36.5. The maximum atomic E-state index is 13.1. The molecule has 3 rings (SSSR count). The van der Waals surface area contributed by atoms with Crippen LogP contribution in [0.5, 0.6) is 0 Å². The van der Waals surface area contributed by atoms with Crippen LogP contribution < -0.4 is 5.32 Å². The van der Waals surface area contributed by atoms with Crippen LogP contribution in [0.2, 0.25) is 0 Å². The van der Waals surface area contributed by atoms with E-state index >= 15 is 0 Å². The van der Waals surface area contributed by atoms with Gasteiger partial charge in [-0.05, 0) is 81.4 Å². The molecule has 230 valence electrons. The highest BCUT2D eigenvalue weighted by molar-refractivity contribution is 6.10. The number of rotatable bonds is 9. The Morgan fingerprint density at radius 3 is 2.19 bits per heavy atom. The first-order chi connectivity index (χ1) is 20.0. The molecule has 6 heteroatoms. The molecule has 2 aromatic rings. The van der Waals surface area contributed by atoms with Crippen molar-refractivity contribution in [3.05, 3.63) is 113 Å². The molecule has 42 heavy (non-hydrogen) atoms. The van der Waals surface area contributed by atoms with E-state index in [0.29, 0.717) is 17.2 Å². The quantitative estimate of drug-likeness (QED) is 0.236. The SMILES string of the molecule is C=C/C(C)=C(C)/N=C(\C=C(/C)NCC1CCN(C(=C)c2cccc(C(F)(F)F)c2)CC1)c1ccccc1C.CC.CC. The molecule has 1 heterocycles. The Kier molecular flexibility index (Phi) is 15.7. The van der Waals surface area contributed by atoms with E-state index in [-0.39, 0.29) is 0 Å². The van der Waals surface area contributed by atoms with Gasteiger partial charge in [-0.25, -0.2) is 0 Å². The molecule has 1 aliphatic rings. The van der Waals surface area contributed by atoms with Crippen molar-refractivity contribution in [3.63, 3.8) is 0 Å². The van der Waals surface area contributed by atoms with Crippen LogP contribution in [0.15, 0.2) is 95.8 Å². The highest BCUT2D eigenvalue weighted by Crippen LogP contribution is 2.32. The zero-order chi connectivity index (χ0) is 31.9. The van der Waals surface area contributed by atoms with Crippen molar-refractivity contribution in [2.24, 2.45) is 10.9 Å². The number of allylic oxidation sites excluding steroid dienone is 5. The molecular weight excluding hydrogens is 531 g/mol. The van der Waals surface area contributed by atoms with Crippen molar-refractivity contribution in [1.82, 2.24) is 10.2 Å². The summed E-state index contributed by atoms with van der Waals surface area (Å²) < 4.78 is 39.3. The molecule has 1 N–H and O–H groups in total. The largest absolute Gasteiger partial charge is 0.416 e. The molecule has 0 atom stereocenters. The Morgan fingerprint density at radius 2 is 1.62 bits per heavy atom. The predicted octanol–water partition coefficient (Wildman–Crippen LogP) is 10.2. The molecule has 3 nitrogen and oxygen atoms in total. The zero-order valence-electron chi connectivity index (χ0n) is 26.8. The second kappa shape index (κ2) is 18.1. The monoisotopic (exact) mass is 581 g/mol. The summed E-state index contributed by atoms with van der Waals surface area (Å²) in [4.78, 5) is 7.01. The van der Waals surface area contributed by atoms with Crippen LogP contribution in [0.3, 0.4) is 0 Å². The Labute approximate surface area is 252 Å². The van der Waals surface area contributed by atoms with Crippen molar-refractivity contribution < 1.29 is 13.2 Å². The van der Waals surface area contributed by atoms with E-state index in [9.17, 15) is 13.2 Å². The van der Waals surface area contributed by atoms with Gasteiger partial charge in [0, 0.05) is 42.3 Å². The van der Waals surface area contributed by atoms with E-state index < -0.39 is 11.7 Å². The Hall–Kier alpha value is -3.54. The first-order valence-electron chi connectivity index (χ1n) is 15.0. The minimum atomic E-state index is -4.36. The lowest BCUT2D eigenvalue weighted by Crippen LogP contribution is -2.36. The smallest absolute Gasteiger partial charge is 0.388 e. The number of nitrogens with zero attached hydrogens (tertiary/aromatic N) is 2. The summed E-state index contributed by atoms with van der Waals surface area (Å²) in [6.45, 7) is 26.5. The molecule has 0 unspecified atom stereocenters. The Morgan fingerprint density at radius 1 is 1.00 bits per heavy atom. The average molecular weight is 582 g/mol. The number of halogens is 3. The zero-order valence-corrected chi connectivity index (χ0v) is 26.8. The summed E-state index contributed by atoms with van der Waals surface area (Å²) in [6.07, 6.45) is 1.43. The molecule has 0 radical (unpaired) electrons. The standard InChI is InChI=1S/C32H38F3N3.2C2H6/c1-7-22(2)25(5)37-31(30-14-9-8-11-23(30)3)19-24(4)36-21-27-15-17-38(18-16-27)26(6)28-12-10-13-29(20-28)32(33,34)35;2*1-2/h7-14,19-20,27,36H,1,6,15-18,21H2,2-5H3;2*1-2H3/b24-19+,25-22+,37-31+;;. The van der Waals surface area contributed by atoms with Gasteiger partial charge in [0.05, 0.1) is 11.3 Å². The van der Waals surface area contributed by atoms with E-state index in [1.165, 1.54) is 12.1 Å². The number of likely N-dealkylation sites (tertiary alicyclic amines) is 1. The predicted molar refractivity (Wildman–Crippen MR) is 176 cm³/mol. The fourth-order valence-electron chi connectivity index (χ4n) is 4.47. The lowest BCUT2D eigenvalue weighted by Gasteiger charge is -2.35. The summed E-state index contributed by atoms with van der Waals surface area (Å²) in [7, 11) is 0. The van der Waals surface area contributed by atoms with Gasteiger partial charge in [-0.1, -0.05) is 83.3 Å². The third-order valence-corrected chi connectivity index (χ3v) is 7.13. The van der Waals surface area contributed by atoms with Crippen LogP contribution in [-0.4, -0.2) is 30.2 Å². The van der Waals surface area contributed by atoms with Gasteiger partial charge in [0.25, 0.3) is 0 Å². The van der Waals surface area contributed by atoms with Gasteiger partial charge in [-0.3, -0.25) is 4.99 Å². The minimum Gasteiger partial charge on any atom is -0.388 e. The lowest BCUT2D eigenvalue weighted by molar-refractivity contribution is -0.137. The molecule has 0 aromatic heterocycles. The third-order valence-electron chi connectivity index (χ3n) is 7.13. The summed E-state index contributed by atoms with van der Waals surface area (Å²) in [5.41, 5.74) is 6.68. The average Bonchev–Trinajstić information content (AvgIpc) is 3.01. The molecule has 1 aliphatic heterocycles. The van der Waals surface area contributed by atoms with Crippen molar-refractivity contribution in [2.45, 2.75) is 74.4 Å². The number of aliphatic imine (C=N–C) groups is 1. The second-order valence-corrected chi connectivity index (χ2v) is 9.95. The van der Waals surface area contributed by atoms with Crippen LogP contribution >= 0.6 is 0 Å². The molecule has 0 saturated carbocycles.